The molecule has 5 heteroatoms. The van der Waals surface area contributed by atoms with Crippen molar-refractivity contribution in [3.63, 3.8) is 0 Å². The molecule has 4 nitrogen and oxygen atoms in total. The summed E-state index contributed by atoms with van der Waals surface area (Å²) in [5.41, 5.74) is 0.582. The summed E-state index contributed by atoms with van der Waals surface area (Å²) >= 11 is 5.95. The van der Waals surface area contributed by atoms with Gasteiger partial charge < -0.3 is 10.6 Å². The van der Waals surface area contributed by atoms with Crippen LogP contribution in [0.15, 0.2) is 24.3 Å². The number of amides is 2. The standard InChI is InChI=1S/C19H25ClN2O2/c20-15-8-6-14(7-9-15)19(11-3-12-19)18(24)21-13-10-17(23)22-16-4-1-2-5-16/h6-9,16H,1-5,10-13H2,(H,21,24)(H,22,23). The van der Waals surface area contributed by atoms with Crippen LogP contribution in [0, 0.1) is 0 Å². The molecule has 0 radical (unpaired) electrons. The quantitative estimate of drug-likeness (QED) is 0.828. The van der Waals surface area contributed by atoms with Crippen LogP contribution in [0.3, 0.4) is 0 Å². The van der Waals surface area contributed by atoms with Crippen molar-refractivity contribution in [1.82, 2.24) is 10.6 Å². The van der Waals surface area contributed by atoms with E-state index in [2.05, 4.69) is 10.6 Å². The van der Waals surface area contributed by atoms with Crippen LogP contribution < -0.4 is 10.6 Å². The van der Waals surface area contributed by atoms with Gasteiger partial charge in [0.05, 0.1) is 5.41 Å². The first-order valence-electron chi connectivity index (χ1n) is 8.94. The third-order valence-electron chi connectivity index (χ3n) is 5.40. The van der Waals surface area contributed by atoms with Gasteiger partial charge in [0, 0.05) is 24.0 Å². The summed E-state index contributed by atoms with van der Waals surface area (Å²) in [6.07, 6.45) is 7.67. The van der Waals surface area contributed by atoms with Crippen molar-refractivity contribution in [2.45, 2.75) is 62.8 Å². The van der Waals surface area contributed by atoms with Crippen molar-refractivity contribution in [1.29, 1.82) is 0 Å². The van der Waals surface area contributed by atoms with Gasteiger partial charge in [-0.2, -0.15) is 0 Å². The van der Waals surface area contributed by atoms with E-state index in [-0.39, 0.29) is 11.8 Å². The van der Waals surface area contributed by atoms with Gasteiger partial charge in [-0.05, 0) is 43.4 Å². The first-order chi connectivity index (χ1) is 11.6. The second-order valence-electron chi connectivity index (χ2n) is 7.00. The number of nitrogens with one attached hydrogen (secondary N) is 2. The van der Waals surface area contributed by atoms with Crippen LogP contribution in [0.4, 0.5) is 0 Å². The Kier molecular flexibility index (Phi) is 5.44. The highest BCUT2D eigenvalue weighted by atomic mass is 35.5. The molecule has 0 atom stereocenters. The number of benzene rings is 1. The lowest BCUT2D eigenvalue weighted by atomic mass is 9.64. The molecule has 1 aromatic carbocycles. The largest absolute Gasteiger partial charge is 0.355 e. The minimum atomic E-state index is -0.438. The van der Waals surface area contributed by atoms with Crippen LogP contribution in [-0.4, -0.2) is 24.4 Å². The number of carbonyl (C=O) groups excluding carboxylic acids is 2. The molecule has 2 aliphatic rings. The van der Waals surface area contributed by atoms with Gasteiger partial charge >= 0.3 is 0 Å². The van der Waals surface area contributed by atoms with Crippen LogP contribution in [0.5, 0.6) is 0 Å². The lowest BCUT2D eigenvalue weighted by molar-refractivity contribution is -0.130. The fourth-order valence-corrected chi connectivity index (χ4v) is 3.90. The summed E-state index contributed by atoms with van der Waals surface area (Å²) in [4.78, 5) is 24.6. The van der Waals surface area contributed by atoms with Gasteiger partial charge in [-0.1, -0.05) is 43.0 Å². The SMILES string of the molecule is O=C(CCNC(=O)C1(c2ccc(Cl)cc2)CCC1)NC1CCCC1. The molecule has 1 aromatic rings. The maximum Gasteiger partial charge on any atom is 0.230 e. The Labute approximate surface area is 148 Å². The zero-order chi connectivity index (χ0) is 17.0. The Bertz CT molecular complexity index is 590. The van der Waals surface area contributed by atoms with Crippen LogP contribution in [-0.2, 0) is 15.0 Å². The summed E-state index contributed by atoms with van der Waals surface area (Å²) in [5.74, 6) is 0.0705. The van der Waals surface area contributed by atoms with Crippen LogP contribution in [0.25, 0.3) is 0 Å². The molecule has 2 saturated carbocycles. The predicted octanol–water partition coefficient (Wildman–Crippen LogP) is 3.33. The third-order valence-corrected chi connectivity index (χ3v) is 5.65. The molecule has 0 aromatic heterocycles. The Morgan fingerprint density at radius 2 is 1.75 bits per heavy atom. The van der Waals surface area contributed by atoms with Gasteiger partial charge in [-0.3, -0.25) is 9.59 Å². The molecule has 2 amide bonds. The van der Waals surface area contributed by atoms with Gasteiger partial charge in [0.25, 0.3) is 0 Å². The molecular weight excluding hydrogens is 324 g/mol. The Hall–Kier alpha value is -1.55. The summed E-state index contributed by atoms with van der Waals surface area (Å²) in [6.45, 7) is 0.396. The van der Waals surface area contributed by atoms with E-state index in [1.807, 2.05) is 24.3 Å². The highest BCUT2D eigenvalue weighted by Gasteiger charge is 2.45. The van der Waals surface area contributed by atoms with E-state index in [9.17, 15) is 9.59 Å². The average Bonchev–Trinajstić information content (AvgIpc) is 3.01. The molecule has 0 spiro atoms. The van der Waals surface area contributed by atoms with Gasteiger partial charge in [-0.15, -0.1) is 0 Å². The first kappa shape index (κ1) is 17.3. The van der Waals surface area contributed by atoms with Crippen LogP contribution in [0.2, 0.25) is 5.02 Å². The summed E-state index contributed by atoms with van der Waals surface area (Å²) in [6, 6.07) is 7.88. The zero-order valence-corrected chi connectivity index (χ0v) is 14.7. The van der Waals surface area contributed by atoms with E-state index in [1.54, 1.807) is 0 Å². The Balaban J connectivity index is 1.50. The van der Waals surface area contributed by atoms with Crippen molar-refractivity contribution in [2.75, 3.05) is 6.54 Å². The van der Waals surface area contributed by atoms with Gasteiger partial charge in [0.15, 0.2) is 0 Å². The second kappa shape index (κ2) is 7.56. The second-order valence-corrected chi connectivity index (χ2v) is 7.43. The third kappa shape index (κ3) is 3.75. The maximum atomic E-state index is 12.7. The van der Waals surface area contributed by atoms with E-state index < -0.39 is 5.41 Å². The lowest BCUT2D eigenvalue weighted by Crippen LogP contribution is -2.49. The molecule has 0 unspecified atom stereocenters. The van der Waals surface area contributed by atoms with Crippen LogP contribution >= 0.6 is 11.6 Å². The first-order valence-corrected chi connectivity index (χ1v) is 9.32. The zero-order valence-electron chi connectivity index (χ0n) is 13.9. The van der Waals surface area contributed by atoms with E-state index in [0.29, 0.717) is 24.0 Å². The number of carbonyl (C=O) groups is 2. The lowest BCUT2D eigenvalue weighted by Gasteiger charge is -2.40. The van der Waals surface area contributed by atoms with Gasteiger partial charge in [0.1, 0.15) is 0 Å². The molecule has 24 heavy (non-hydrogen) atoms. The molecular formula is C19H25ClN2O2. The van der Waals surface area contributed by atoms with Gasteiger partial charge in [-0.25, -0.2) is 0 Å². The minimum absolute atomic E-state index is 0.0322. The fraction of sp³-hybridized carbons (Fsp3) is 0.579. The van der Waals surface area contributed by atoms with Crippen molar-refractivity contribution < 1.29 is 9.59 Å². The van der Waals surface area contributed by atoms with E-state index in [1.165, 1.54) is 12.8 Å². The molecule has 0 saturated heterocycles. The van der Waals surface area contributed by atoms with Gasteiger partial charge in [0.2, 0.25) is 11.8 Å². The molecule has 2 fully saturated rings. The van der Waals surface area contributed by atoms with Crippen molar-refractivity contribution in [2.24, 2.45) is 0 Å². The van der Waals surface area contributed by atoms with Crippen molar-refractivity contribution >= 4 is 23.4 Å². The van der Waals surface area contributed by atoms with E-state index in [0.717, 1.165) is 37.7 Å². The number of hydrogen-bond donors (Lipinski definition) is 2. The Morgan fingerprint density at radius 3 is 2.33 bits per heavy atom. The average molecular weight is 349 g/mol. The summed E-state index contributed by atoms with van der Waals surface area (Å²) < 4.78 is 0. The molecule has 130 valence electrons. The maximum absolute atomic E-state index is 12.7. The van der Waals surface area contributed by atoms with E-state index >= 15 is 0 Å². The predicted molar refractivity (Wildman–Crippen MR) is 95.0 cm³/mol. The topological polar surface area (TPSA) is 58.2 Å². The molecule has 3 rings (SSSR count). The highest BCUT2D eigenvalue weighted by Crippen LogP contribution is 2.44. The smallest absolute Gasteiger partial charge is 0.230 e. The number of halogens is 1. The number of hydrogen-bond acceptors (Lipinski definition) is 2. The molecule has 0 aliphatic heterocycles. The normalized spacial score (nSPS) is 19.5. The molecule has 2 aliphatic carbocycles. The molecule has 0 heterocycles. The van der Waals surface area contributed by atoms with Crippen LogP contribution in [0.1, 0.15) is 56.9 Å². The fourth-order valence-electron chi connectivity index (χ4n) is 3.77. The summed E-state index contributed by atoms with van der Waals surface area (Å²) in [5, 5.41) is 6.69. The highest BCUT2D eigenvalue weighted by molar-refractivity contribution is 6.30. The Morgan fingerprint density at radius 1 is 1.08 bits per heavy atom. The molecule has 2 N–H and O–H groups in total. The summed E-state index contributed by atoms with van der Waals surface area (Å²) in [7, 11) is 0. The monoisotopic (exact) mass is 348 g/mol. The van der Waals surface area contributed by atoms with Crippen molar-refractivity contribution in [3.8, 4) is 0 Å². The number of rotatable bonds is 6. The van der Waals surface area contributed by atoms with E-state index in [4.69, 9.17) is 11.6 Å². The van der Waals surface area contributed by atoms with Crippen molar-refractivity contribution in [3.05, 3.63) is 34.9 Å². The minimum Gasteiger partial charge on any atom is -0.355 e. The molecule has 0 bridgehead atoms.